The van der Waals surface area contributed by atoms with Crippen LogP contribution in [0.5, 0.6) is 0 Å². The van der Waals surface area contributed by atoms with Gasteiger partial charge in [0.25, 0.3) is 0 Å². The van der Waals surface area contributed by atoms with Gasteiger partial charge in [-0.1, -0.05) is 0 Å². The van der Waals surface area contributed by atoms with Crippen molar-refractivity contribution in [3.8, 4) is 11.1 Å². The van der Waals surface area contributed by atoms with E-state index in [1.165, 1.54) is 0 Å². The number of nitrogens with zero attached hydrogens (tertiary/aromatic N) is 4. The first-order valence-corrected chi connectivity index (χ1v) is 4.82. The maximum absolute atomic E-state index is 5.56. The molecular formula is C10H10N6. The number of fused-ring (bicyclic) bond motifs is 1. The van der Waals surface area contributed by atoms with E-state index < -0.39 is 0 Å². The standard InChI is InChI=1S/C10H10N6/c1-16-5-7(4-13-16)6-2-8-9(12-3-6)15-10(11)14-8/h2-5H,1H3,(H3,11,12,14,15). The van der Waals surface area contributed by atoms with E-state index in [1.807, 2.05) is 19.3 Å². The summed E-state index contributed by atoms with van der Waals surface area (Å²) in [5, 5.41) is 4.12. The molecule has 0 atom stereocenters. The minimum Gasteiger partial charge on any atom is -0.369 e. The first kappa shape index (κ1) is 8.90. The topological polar surface area (TPSA) is 85.4 Å². The maximum Gasteiger partial charge on any atom is 0.200 e. The number of H-pyrrole nitrogens is 1. The van der Waals surface area contributed by atoms with Gasteiger partial charge in [0.05, 0.1) is 11.7 Å². The molecule has 80 valence electrons. The molecule has 3 N–H and O–H groups in total. The molecule has 3 aromatic heterocycles. The molecule has 0 spiro atoms. The summed E-state index contributed by atoms with van der Waals surface area (Å²) < 4.78 is 1.75. The van der Waals surface area contributed by atoms with Crippen molar-refractivity contribution < 1.29 is 0 Å². The number of aryl methyl sites for hydroxylation is 1. The molecule has 0 saturated carbocycles. The Labute approximate surface area is 91.1 Å². The molecule has 0 aliphatic heterocycles. The van der Waals surface area contributed by atoms with Crippen LogP contribution >= 0.6 is 0 Å². The summed E-state index contributed by atoms with van der Waals surface area (Å²) >= 11 is 0. The zero-order chi connectivity index (χ0) is 11.1. The zero-order valence-electron chi connectivity index (χ0n) is 8.68. The van der Waals surface area contributed by atoms with E-state index in [0.717, 1.165) is 16.6 Å². The van der Waals surface area contributed by atoms with Gasteiger partial charge < -0.3 is 10.7 Å². The first-order valence-electron chi connectivity index (χ1n) is 4.82. The second-order valence-corrected chi connectivity index (χ2v) is 3.62. The van der Waals surface area contributed by atoms with Gasteiger partial charge in [-0.2, -0.15) is 10.1 Å². The zero-order valence-corrected chi connectivity index (χ0v) is 8.68. The lowest BCUT2D eigenvalue weighted by Gasteiger charge is -1.95. The highest BCUT2D eigenvalue weighted by Crippen LogP contribution is 2.21. The van der Waals surface area contributed by atoms with Crippen LogP contribution in [0.25, 0.3) is 22.3 Å². The predicted octanol–water partition coefficient (Wildman–Crippen LogP) is 0.941. The number of aromatic amines is 1. The molecule has 3 aromatic rings. The lowest BCUT2D eigenvalue weighted by Crippen LogP contribution is -1.84. The fraction of sp³-hybridized carbons (Fsp3) is 0.100. The number of pyridine rings is 1. The lowest BCUT2D eigenvalue weighted by atomic mass is 10.1. The van der Waals surface area contributed by atoms with Crippen molar-refractivity contribution >= 4 is 17.1 Å². The van der Waals surface area contributed by atoms with Gasteiger partial charge in [0.2, 0.25) is 0 Å². The molecule has 0 aliphatic rings. The number of anilines is 1. The summed E-state index contributed by atoms with van der Waals surface area (Å²) in [6.07, 6.45) is 5.49. The smallest absolute Gasteiger partial charge is 0.200 e. The summed E-state index contributed by atoms with van der Waals surface area (Å²) in [5.41, 5.74) is 9.03. The van der Waals surface area contributed by atoms with Gasteiger partial charge in [-0.05, 0) is 6.07 Å². The summed E-state index contributed by atoms with van der Waals surface area (Å²) in [5.74, 6) is 0.380. The Hall–Kier alpha value is -2.37. The van der Waals surface area contributed by atoms with Gasteiger partial charge in [-0.3, -0.25) is 4.68 Å². The van der Waals surface area contributed by atoms with Gasteiger partial charge >= 0.3 is 0 Å². The molecule has 6 nitrogen and oxygen atoms in total. The Bertz CT molecular complexity index is 650. The van der Waals surface area contributed by atoms with Crippen molar-refractivity contribution in [1.82, 2.24) is 24.7 Å². The summed E-state index contributed by atoms with van der Waals surface area (Å²) in [4.78, 5) is 11.2. The fourth-order valence-electron chi connectivity index (χ4n) is 1.65. The number of nitrogens with one attached hydrogen (secondary N) is 1. The largest absolute Gasteiger partial charge is 0.369 e. The number of nitrogens with two attached hydrogens (primary N) is 1. The molecule has 0 fully saturated rings. The maximum atomic E-state index is 5.56. The minimum absolute atomic E-state index is 0.380. The van der Waals surface area contributed by atoms with Crippen LogP contribution in [0.15, 0.2) is 24.7 Å². The molecule has 6 heteroatoms. The number of nitrogen functional groups attached to an aromatic ring is 1. The Kier molecular flexibility index (Phi) is 1.70. The SMILES string of the molecule is Cn1cc(-c2cnc3nc(N)[nH]c3c2)cn1. The van der Waals surface area contributed by atoms with Crippen LogP contribution in [0.4, 0.5) is 5.95 Å². The second-order valence-electron chi connectivity index (χ2n) is 3.62. The molecule has 3 rings (SSSR count). The molecule has 0 saturated heterocycles. The van der Waals surface area contributed by atoms with Crippen LogP contribution < -0.4 is 5.73 Å². The summed E-state index contributed by atoms with van der Waals surface area (Å²) in [6, 6.07) is 1.96. The van der Waals surface area contributed by atoms with Crippen molar-refractivity contribution in [1.29, 1.82) is 0 Å². The van der Waals surface area contributed by atoms with E-state index in [0.29, 0.717) is 11.6 Å². The quantitative estimate of drug-likeness (QED) is 0.631. The third kappa shape index (κ3) is 1.31. The minimum atomic E-state index is 0.380. The second kappa shape index (κ2) is 3.06. The summed E-state index contributed by atoms with van der Waals surface area (Å²) in [7, 11) is 1.88. The van der Waals surface area contributed by atoms with Crippen molar-refractivity contribution in [2.45, 2.75) is 0 Å². The average Bonchev–Trinajstić information content (AvgIpc) is 2.81. The van der Waals surface area contributed by atoms with Gasteiger partial charge in [0, 0.05) is 30.6 Å². The molecule has 3 heterocycles. The average molecular weight is 214 g/mol. The highest BCUT2D eigenvalue weighted by Gasteiger charge is 2.05. The molecule has 0 radical (unpaired) electrons. The van der Waals surface area contributed by atoms with E-state index in [2.05, 4.69) is 20.1 Å². The van der Waals surface area contributed by atoms with E-state index in [4.69, 9.17) is 5.73 Å². The predicted molar refractivity (Wildman–Crippen MR) is 60.5 cm³/mol. The molecule has 0 aliphatic carbocycles. The van der Waals surface area contributed by atoms with Crippen molar-refractivity contribution in [3.63, 3.8) is 0 Å². The van der Waals surface area contributed by atoms with Gasteiger partial charge in [-0.25, -0.2) is 4.98 Å². The number of rotatable bonds is 1. The monoisotopic (exact) mass is 214 g/mol. The van der Waals surface area contributed by atoms with Crippen molar-refractivity contribution in [2.75, 3.05) is 5.73 Å². The van der Waals surface area contributed by atoms with Crippen LogP contribution in [0.3, 0.4) is 0 Å². The van der Waals surface area contributed by atoms with Crippen LogP contribution in [-0.2, 0) is 7.05 Å². The third-order valence-electron chi connectivity index (χ3n) is 2.39. The highest BCUT2D eigenvalue weighted by molar-refractivity contribution is 5.79. The van der Waals surface area contributed by atoms with E-state index in [1.54, 1.807) is 17.1 Å². The molecule has 0 bridgehead atoms. The van der Waals surface area contributed by atoms with E-state index in [-0.39, 0.29) is 0 Å². The normalized spacial score (nSPS) is 11.1. The van der Waals surface area contributed by atoms with E-state index in [9.17, 15) is 0 Å². The highest BCUT2D eigenvalue weighted by atomic mass is 15.2. The molecule has 0 amide bonds. The molecule has 0 aromatic carbocycles. The van der Waals surface area contributed by atoms with Crippen LogP contribution in [-0.4, -0.2) is 24.7 Å². The van der Waals surface area contributed by atoms with Crippen molar-refractivity contribution in [2.24, 2.45) is 7.05 Å². The lowest BCUT2D eigenvalue weighted by molar-refractivity contribution is 0.768. The molecule has 0 unspecified atom stereocenters. The van der Waals surface area contributed by atoms with Crippen molar-refractivity contribution in [3.05, 3.63) is 24.7 Å². The van der Waals surface area contributed by atoms with Gasteiger partial charge in [0.15, 0.2) is 11.6 Å². The first-order chi connectivity index (χ1) is 7.72. The number of aromatic nitrogens is 5. The number of hydrogen-bond donors (Lipinski definition) is 2. The van der Waals surface area contributed by atoms with Crippen LogP contribution in [0.2, 0.25) is 0 Å². The molecular weight excluding hydrogens is 204 g/mol. The Morgan fingerprint density at radius 2 is 2.19 bits per heavy atom. The van der Waals surface area contributed by atoms with Crippen LogP contribution in [0.1, 0.15) is 0 Å². The fourth-order valence-corrected chi connectivity index (χ4v) is 1.65. The van der Waals surface area contributed by atoms with Crippen LogP contribution in [0, 0.1) is 0 Å². The number of imidazole rings is 1. The molecule has 16 heavy (non-hydrogen) atoms. The third-order valence-corrected chi connectivity index (χ3v) is 2.39. The summed E-state index contributed by atoms with van der Waals surface area (Å²) in [6.45, 7) is 0. The van der Waals surface area contributed by atoms with E-state index >= 15 is 0 Å². The van der Waals surface area contributed by atoms with Gasteiger partial charge in [-0.15, -0.1) is 0 Å². The van der Waals surface area contributed by atoms with Gasteiger partial charge in [0.1, 0.15) is 0 Å². The Morgan fingerprint density at radius 1 is 1.31 bits per heavy atom. The number of hydrogen-bond acceptors (Lipinski definition) is 4. The Balaban J connectivity index is 2.17. The Morgan fingerprint density at radius 3 is 2.94 bits per heavy atom.